The number of esters is 1. The van der Waals surface area contributed by atoms with Crippen LogP contribution in [0.4, 0.5) is 23.7 Å². The van der Waals surface area contributed by atoms with Gasteiger partial charge in [0.2, 0.25) is 0 Å². The van der Waals surface area contributed by atoms with Crippen LogP contribution in [-0.4, -0.2) is 48.2 Å². The normalized spacial score (nSPS) is 11.6. The van der Waals surface area contributed by atoms with Gasteiger partial charge in [-0.3, -0.25) is 5.32 Å². The summed E-state index contributed by atoms with van der Waals surface area (Å²) in [6.07, 6.45) is -5.60. The molecule has 0 aliphatic rings. The monoisotopic (exact) mass is 507 g/mol. The third kappa shape index (κ3) is 7.26. The quantitative estimate of drug-likeness (QED) is 0.371. The van der Waals surface area contributed by atoms with E-state index in [1.165, 1.54) is 35.4 Å². The molecule has 1 atom stereocenters. The van der Waals surface area contributed by atoms with E-state index >= 15 is 0 Å². The van der Waals surface area contributed by atoms with E-state index in [9.17, 15) is 22.8 Å². The lowest BCUT2D eigenvalue weighted by atomic mass is 10.2. The molecule has 8 nitrogen and oxygen atoms in total. The number of carbonyl (C=O) groups is 2. The van der Waals surface area contributed by atoms with E-state index < -0.39 is 24.8 Å². The minimum absolute atomic E-state index is 0.0526. The van der Waals surface area contributed by atoms with Crippen LogP contribution in [0.3, 0.4) is 0 Å². The molecule has 0 aliphatic heterocycles. The number of nitrogens with one attached hydrogen (secondary N) is 2. The smallest absolute Gasteiger partial charge is 0.413 e. The Morgan fingerprint density at radius 1 is 1.18 bits per heavy atom. The van der Waals surface area contributed by atoms with Gasteiger partial charge in [0, 0.05) is 6.20 Å². The van der Waals surface area contributed by atoms with Crippen LogP contribution in [0, 0.1) is 0 Å². The van der Waals surface area contributed by atoms with Gasteiger partial charge in [0.15, 0.2) is 5.11 Å². The van der Waals surface area contributed by atoms with Gasteiger partial charge in [-0.05, 0) is 49.8 Å². The predicted molar refractivity (Wildman–Crippen MR) is 119 cm³/mol. The summed E-state index contributed by atoms with van der Waals surface area (Å²) in [5, 5.41) is 2.15. The fraction of sp³-hybridized carbons (Fsp3) is 0.350. The van der Waals surface area contributed by atoms with Gasteiger partial charge in [-0.25, -0.2) is 18.4 Å². The highest BCUT2D eigenvalue weighted by Gasteiger charge is 2.25. The lowest BCUT2D eigenvalue weighted by Gasteiger charge is -2.25. The Morgan fingerprint density at radius 3 is 2.52 bits per heavy atom. The number of alkyl halides is 3. The third-order valence-electron chi connectivity index (χ3n) is 4.00. The number of thiocarbonyl (C=S) groups is 1. The molecule has 0 fully saturated rings. The standard InChI is InChI=1S/C20H21ClF3N3O5S/c1-3-30-18(28)15-13(7-8-25-15)27(19(33)26-20(29)31-4-2)10-11-5-6-12(21)14(9-11)32-17(24)16(22)23/h5-9,16-17,25H,3-4,10H2,1-2H3,(H,26,29,33). The predicted octanol–water partition coefficient (Wildman–Crippen LogP) is 4.82. The van der Waals surface area contributed by atoms with Crippen LogP contribution in [0.25, 0.3) is 0 Å². The number of aromatic nitrogens is 1. The number of rotatable bonds is 9. The molecule has 1 unspecified atom stereocenters. The molecule has 1 aromatic heterocycles. The van der Waals surface area contributed by atoms with Crippen molar-refractivity contribution in [2.75, 3.05) is 18.1 Å². The number of alkyl carbamates (subject to hydrolysis) is 1. The first-order chi connectivity index (χ1) is 15.7. The summed E-state index contributed by atoms with van der Waals surface area (Å²) in [4.78, 5) is 28.3. The summed E-state index contributed by atoms with van der Waals surface area (Å²) >= 11 is 11.3. The summed E-state index contributed by atoms with van der Waals surface area (Å²) in [5.74, 6) is -0.982. The molecular weight excluding hydrogens is 487 g/mol. The van der Waals surface area contributed by atoms with Crippen LogP contribution in [0.15, 0.2) is 30.5 Å². The fourth-order valence-corrected chi connectivity index (χ4v) is 3.04. The number of H-pyrrole nitrogens is 1. The van der Waals surface area contributed by atoms with Gasteiger partial charge in [-0.1, -0.05) is 17.7 Å². The van der Waals surface area contributed by atoms with Crippen molar-refractivity contribution in [3.05, 3.63) is 46.7 Å². The second-order valence-electron chi connectivity index (χ2n) is 6.26. The topological polar surface area (TPSA) is 92.9 Å². The zero-order valence-electron chi connectivity index (χ0n) is 17.6. The molecule has 2 aromatic rings. The first-order valence-corrected chi connectivity index (χ1v) is 10.4. The van der Waals surface area contributed by atoms with Gasteiger partial charge in [0.25, 0.3) is 6.36 Å². The van der Waals surface area contributed by atoms with Crippen LogP contribution < -0.4 is 15.0 Å². The minimum Gasteiger partial charge on any atom is -0.461 e. The molecule has 0 spiro atoms. The summed E-state index contributed by atoms with van der Waals surface area (Å²) < 4.78 is 52.9. The van der Waals surface area contributed by atoms with E-state index in [1.807, 2.05) is 0 Å². The molecule has 33 heavy (non-hydrogen) atoms. The van der Waals surface area contributed by atoms with Crippen molar-refractivity contribution in [2.24, 2.45) is 0 Å². The van der Waals surface area contributed by atoms with Crippen molar-refractivity contribution in [3.63, 3.8) is 0 Å². The first-order valence-electron chi connectivity index (χ1n) is 9.64. The number of nitrogens with zero attached hydrogens (tertiary/aromatic N) is 1. The molecule has 2 rings (SSSR count). The zero-order chi connectivity index (χ0) is 24.5. The van der Waals surface area contributed by atoms with E-state index in [0.717, 1.165) is 0 Å². The summed E-state index contributed by atoms with van der Waals surface area (Å²) in [5.41, 5.74) is 0.695. The molecular formula is C20H21ClF3N3O5S. The Kier molecular flexibility index (Phi) is 9.79. The largest absolute Gasteiger partial charge is 0.461 e. The zero-order valence-corrected chi connectivity index (χ0v) is 19.1. The number of ether oxygens (including phenoxy) is 3. The lowest BCUT2D eigenvalue weighted by Crippen LogP contribution is -2.43. The van der Waals surface area contributed by atoms with Crippen molar-refractivity contribution in [3.8, 4) is 5.75 Å². The molecule has 180 valence electrons. The highest BCUT2D eigenvalue weighted by atomic mass is 35.5. The number of hydrogen-bond donors (Lipinski definition) is 2. The number of hydrogen-bond acceptors (Lipinski definition) is 6. The Hall–Kier alpha value is -2.99. The summed E-state index contributed by atoms with van der Waals surface area (Å²) in [7, 11) is 0. The highest BCUT2D eigenvalue weighted by molar-refractivity contribution is 7.80. The van der Waals surface area contributed by atoms with Gasteiger partial charge >= 0.3 is 18.5 Å². The molecule has 0 radical (unpaired) electrons. The van der Waals surface area contributed by atoms with Crippen molar-refractivity contribution >= 4 is 46.7 Å². The number of carbonyl (C=O) groups excluding carboxylic acids is 2. The average Bonchev–Trinajstić information content (AvgIpc) is 3.23. The average molecular weight is 508 g/mol. The summed E-state index contributed by atoms with van der Waals surface area (Å²) in [6, 6.07) is 5.61. The molecule has 0 bridgehead atoms. The number of benzene rings is 1. The third-order valence-corrected chi connectivity index (χ3v) is 4.63. The molecule has 1 heterocycles. The van der Waals surface area contributed by atoms with Gasteiger partial charge in [0.05, 0.1) is 30.5 Å². The van der Waals surface area contributed by atoms with Crippen molar-refractivity contribution in [2.45, 2.75) is 33.2 Å². The van der Waals surface area contributed by atoms with Gasteiger partial charge in [-0.2, -0.15) is 4.39 Å². The number of anilines is 1. The van der Waals surface area contributed by atoms with Crippen molar-refractivity contribution in [1.29, 1.82) is 0 Å². The van der Waals surface area contributed by atoms with Gasteiger partial charge in [-0.15, -0.1) is 0 Å². The van der Waals surface area contributed by atoms with Crippen LogP contribution in [0.2, 0.25) is 5.02 Å². The van der Waals surface area contributed by atoms with Crippen LogP contribution in [-0.2, 0) is 16.0 Å². The van der Waals surface area contributed by atoms with E-state index in [-0.39, 0.29) is 47.0 Å². The molecule has 1 amide bonds. The van der Waals surface area contributed by atoms with E-state index in [4.69, 9.17) is 33.3 Å². The van der Waals surface area contributed by atoms with Gasteiger partial charge < -0.3 is 24.1 Å². The SMILES string of the molecule is CCOC(=O)NC(=S)N(Cc1ccc(Cl)c(OC(F)C(F)F)c1)c1cc[nH]c1C(=O)OCC. The Bertz CT molecular complexity index is 992. The molecule has 0 saturated heterocycles. The number of aromatic amines is 1. The minimum atomic E-state index is -3.37. The fourth-order valence-electron chi connectivity index (χ4n) is 2.63. The highest BCUT2D eigenvalue weighted by Crippen LogP contribution is 2.30. The maximum Gasteiger partial charge on any atom is 0.413 e. The van der Waals surface area contributed by atoms with Crippen LogP contribution >= 0.6 is 23.8 Å². The Morgan fingerprint density at radius 2 is 1.88 bits per heavy atom. The van der Waals surface area contributed by atoms with Gasteiger partial charge in [0.1, 0.15) is 11.4 Å². The maximum atomic E-state index is 13.4. The Balaban J connectivity index is 2.40. The number of amides is 1. The molecule has 2 N–H and O–H groups in total. The van der Waals surface area contributed by atoms with Crippen LogP contribution in [0.5, 0.6) is 5.75 Å². The lowest BCUT2D eigenvalue weighted by molar-refractivity contribution is -0.0668. The van der Waals surface area contributed by atoms with Crippen molar-refractivity contribution < 1.29 is 37.0 Å². The van der Waals surface area contributed by atoms with E-state index in [2.05, 4.69) is 15.0 Å². The molecule has 13 heteroatoms. The Labute approximate surface area is 197 Å². The summed E-state index contributed by atoms with van der Waals surface area (Å²) in [6.45, 7) is 3.37. The second kappa shape index (κ2) is 12.3. The molecule has 0 aliphatic carbocycles. The number of halogens is 4. The molecule has 0 saturated carbocycles. The molecule has 1 aromatic carbocycles. The van der Waals surface area contributed by atoms with E-state index in [0.29, 0.717) is 5.56 Å². The first kappa shape index (κ1) is 26.3. The maximum absolute atomic E-state index is 13.4. The van der Waals surface area contributed by atoms with Crippen LogP contribution in [0.1, 0.15) is 29.9 Å². The van der Waals surface area contributed by atoms with Crippen molar-refractivity contribution in [1.82, 2.24) is 10.3 Å². The van der Waals surface area contributed by atoms with E-state index in [1.54, 1.807) is 13.8 Å². The second-order valence-corrected chi connectivity index (χ2v) is 7.06.